The summed E-state index contributed by atoms with van der Waals surface area (Å²) in [4.78, 5) is 30.2. The summed E-state index contributed by atoms with van der Waals surface area (Å²) >= 11 is 3.41. The molecule has 5 nitrogen and oxygen atoms in total. The smallest absolute Gasteiger partial charge is 0.290 e. The monoisotopic (exact) mass is 426 g/mol. The number of nitrogens with zero attached hydrogens (tertiary/aromatic N) is 2. The fourth-order valence-corrected chi connectivity index (χ4v) is 3.87. The molecule has 0 N–H and O–H groups in total. The van der Waals surface area contributed by atoms with Crippen molar-refractivity contribution in [3.8, 4) is 0 Å². The van der Waals surface area contributed by atoms with Crippen molar-refractivity contribution in [1.82, 2.24) is 9.80 Å². The van der Waals surface area contributed by atoms with Crippen LogP contribution in [0, 0.1) is 0 Å². The van der Waals surface area contributed by atoms with Crippen LogP contribution in [0.25, 0.3) is 11.0 Å². The van der Waals surface area contributed by atoms with Gasteiger partial charge in [0.25, 0.3) is 5.91 Å². The average Bonchev–Trinajstić information content (AvgIpc) is 2.94. The van der Waals surface area contributed by atoms with E-state index in [2.05, 4.69) is 15.9 Å². The Bertz CT molecular complexity index is 1080. The number of hydrogen-bond acceptors (Lipinski definition) is 4. The number of fused-ring (bicyclic) bond motifs is 2. The van der Waals surface area contributed by atoms with Gasteiger partial charge in [-0.15, -0.1) is 0 Å². The Labute approximate surface area is 165 Å². The van der Waals surface area contributed by atoms with Gasteiger partial charge in [-0.1, -0.05) is 46.3 Å². The summed E-state index contributed by atoms with van der Waals surface area (Å²) in [6.07, 6.45) is 0. The highest BCUT2D eigenvalue weighted by atomic mass is 79.9. The topological polar surface area (TPSA) is 53.8 Å². The SMILES string of the molecule is CN(C)CCN1C(=O)c2oc3ccc(Br)cc3c(=O)c2[C@H]1c1ccccc1. The first-order valence-corrected chi connectivity index (χ1v) is 9.53. The molecule has 1 aromatic heterocycles. The number of carbonyl (C=O) groups excluding carboxylic acids is 1. The Hall–Kier alpha value is -2.44. The van der Waals surface area contributed by atoms with E-state index in [0.29, 0.717) is 29.6 Å². The number of rotatable bonds is 4. The summed E-state index contributed by atoms with van der Waals surface area (Å²) < 4.78 is 6.71. The fraction of sp³-hybridized carbons (Fsp3) is 0.238. The first-order valence-electron chi connectivity index (χ1n) is 8.74. The zero-order valence-electron chi connectivity index (χ0n) is 15.1. The van der Waals surface area contributed by atoms with Gasteiger partial charge in [-0.25, -0.2) is 0 Å². The molecule has 6 heteroatoms. The van der Waals surface area contributed by atoms with Gasteiger partial charge in [-0.3, -0.25) is 9.59 Å². The van der Waals surface area contributed by atoms with E-state index in [9.17, 15) is 9.59 Å². The summed E-state index contributed by atoms with van der Waals surface area (Å²) in [5.41, 5.74) is 1.61. The van der Waals surface area contributed by atoms with Crippen LogP contribution >= 0.6 is 15.9 Å². The highest BCUT2D eigenvalue weighted by Gasteiger charge is 2.42. The second-order valence-electron chi connectivity index (χ2n) is 6.93. The van der Waals surface area contributed by atoms with Crippen molar-refractivity contribution >= 4 is 32.8 Å². The lowest BCUT2D eigenvalue weighted by molar-refractivity contribution is 0.0716. The van der Waals surface area contributed by atoms with E-state index in [1.807, 2.05) is 49.3 Å². The normalized spacial score (nSPS) is 16.4. The third-order valence-electron chi connectivity index (χ3n) is 4.83. The van der Waals surface area contributed by atoms with Crippen molar-refractivity contribution in [2.24, 2.45) is 0 Å². The number of amides is 1. The summed E-state index contributed by atoms with van der Waals surface area (Å²) in [6.45, 7) is 1.21. The zero-order chi connectivity index (χ0) is 19.1. The van der Waals surface area contributed by atoms with E-state index in [4.69, 9.17) is 4.42 Å². The molecule has 1 aliphatic rings. The number of halogens is 1. The van der Waals surface area contributed by atoms with Gasteiger partial charge in [-0.2, -0.15) is 0 Å². The van der Waals surface area contributed by atoms with Gasteiger partial charge in [0.2, 0.25) is 5.76 Å². The fourth-order valence-electron chi connectivity index (χ4n) is 3.51. The van der Waals surface area contributed by atoms with Crippen LogP contribution in [0.1, 0.15) is 27.7 Å². The van der Waals surface area contributed by atoms with Gasteiger partial charge < -0.3 is 14.2 Å². The van der Waals surface area contributed by atoms with Crippen LogP contribution < -0.4 is 5.43 Å². The van der Waals surface area contributed by atoms with Gasteiger partial charge in [0.05, 0.1) is 17.0 Å². The van der Waals surface area contributed by atoms with Crippen molar-refractivity contribution in [3.63, 3.8) is 0 Å². The minimum absolute atomic E-state index is 0.151. The number of benzene rings is 2. The molecule has 3 aromatic rings. The molecule has 2 heterocycles. The van der Waals surface area contributed by atoms with Gasteiger partial charge in [-0.05, 0) is 37.9 Å². The first-order chi connectivity index (χ1) is 13.0. The Morgan fingerprint density at radius 3 is 2.56 bits per heavy atom. The summed E-state index contributed by atoms with van der Waals surface area (Å²) in [5, 5.41) is 0.478. The molecule has 2 aromatic carbocycles. The predicted octanol–water partition coefficient (Wildman–Crippen LogP) is 3.66. The van der Waals surface area contributed by atoms with E-state index >= 15 is 0 Å². The lowest BCUT2D eigenvalue weighted by Crippen LogP contribution is -2.35. The Balaban J connectivity index is 1.95. The van der Waals surface area contributed by atoms with E-state index in [1.165, 1.54) is 0 Å². The van der Waals surface area contributed by atoms with Crippen LogP contribution in [-0.2, 0) is 0 Å². The van der Waals surface area contributed by atoms with Gasteiger partial charge in [0.1, 0.15) is 5.58 Å². The van der Waals surface area contributed by atoms with Crippen LogP contribution in [0.2, 0.25) is 0 Å². The molecule has 1 amide bonds. The summed E-state index contributed by atoms with van der Waals surface area (Å²) in [7, 11) is 3.92. The van der Waals surface area contributed by atoms with E-state index in [1.54, 1.807) is 23.1 Å². The van der Waals surface area contributed by atoms with Crippen molar-refractivity contribution in [2.45, 2.75) is 6.04 Å². The minimum atomic E-state index is -0.437. The second kappa shape index (κ2) is 6.94. The Kier molecular flexibility index (Phi) is 4.61. The van der Waals surface area contributed by atoms with Crippen molar-refractivity contribution in [2.75, 3.05) is 27.2 Å². The second-order valence-corrected chi connectivity index (χ2v) is 7.85. The maximum absolute atomic E-state index is 13.3. The molecule has 1 atom stereocenters. The molecular weight excluding hydrogens is 408 g/mol. The molecular formula is C21H19BrN2O3. The molecule has 0 aliphatic carbocycles. The first kappa shape index (κ1) is 17.9. The quantitative estimate of drug-likeness (QED) is 0.638. The third-order valence-corrected chi connectivity index (χ3v) is 5.32. The predicted molar refractivity (Wildman–Crippen MR) is 108 cm³/mol. The van der Waals surface area contributed by atoms with Crippen LogP contribution in [-0.4, -0.2) is 42.9 Å². The highest BCUT2D eigenvalue weighted by Crippen LogP contribution is 2.38. The van der Waals surface area contributed by atoms with Gasteiger partial charge >= 0.3 is 0 Å². The Morgan fingerprint density at radius 1 is 1.11 bits per heavy atom. The lowest BCUT2D eigenvalue weighted by Gasteiger charge is -2.26. The van der Waals surface area contributed by atoms with Gasteiger partial charge in [0.15, 0.2) is 5.43 Å². The maximum atomic E-state index is 13.3. The number of hydrogen-bond donors (Lipinski definition) is 0. The minimum Gasteiger partial charge on any atom is -0.450 e. The van der Waals surface area contributed by atoms with Crippen LogP contribution in [0.15, 0.2) is 62.2 Å². The molecule has 4 rings (SSSR count). The third kappa shape index (κ3) is 3.09. The number of likely N-dealkylation sites (N-methyl/N-ethyl adjacent to an activating group) is 1. The van der Waals surface area contributed by atoms with Crippen molar-refractivity contribution in [1.29, 1.82) is 0 Å². The molecule has 0 saturated heterocycles. The number of carbonyl (C=O) groups is 1. The highest BCUT2D eigenvalue weighted by molar-refractivity contribution is 9.10. The van der Waals surface area contributed by atoms with Gasteiger partial charge in [0, 0.05) is 17.6 Å². The van der Waals surface area contributed by atoms with E-state index in [0.717, 1.165) is 10.0 Å². The van der Waals surface area contributed by atoms with Crippen LogP contribution in [0.4, 0.5) is 0 Å². The molecule has 0 bridgehead atoms. The maximum Gasteiger partial charge on any atom is 0.290 e. The molecule has 0 unspecified atom stereocenters. The lowest BCUT2D eigenvalue weighted by atomic mass is 9.98. The van der Waals surface area contributed by atoms with Crippen LogP contribution in [0.3, 0.4) is 0 Å². The molecule has 27 heavy (non-hydrogen) atoms. The molecule has 1 aliphatic heterocycles. The largest absolute Gasteiger partial charge is 0.450 e. The van der Waals surface area contributed by atoms with E-state index in [-0.39, 0.29) is 17.1 Å². The zero-order valence-corrected chi connectivity index (χ0v) is 16.7. The Morgan fingerprint density at radius 2 is 1.85 bits per heavy atom. The summed E-state index contributed by atoms with van der Waals surface area (Å²) in [5.74, 6) is -0.0787. The summed E-state index contributed by atoms with van der Waals surface area (Å²) in [6, 6.07) is 14.5. The van der Waals surface area contributed by atoms with E-state index < -0.39 is 6.04 Å². The molecule has 0 fully saturated rings. The van der Waals surface area contributed by atoms with Crippen molar-refractivity contribution < 1.29 is 9.21 Å². The van der Waals surface area contributed by atoms with Crippen LogP contribution in [0.5, 0.6) is 0 Å². The molecule has 0 saturated carbocycles. The molecule has 138 valence electrons. The standard InChI is InChI=1S/C21H19BrN2O3/c1-23(2)10-11-24-18(13-6-4-3-5-7-13)17-19(25)15-12-14(22)8-9-16(15)27-20(17)21(24)26/h3-9,12,18H,10-11H2,1-2H3/t18-/m1/s1. The van der Waals surface area contributed by atoms with Crippen molar-refractivity contribution in [3.05, 3.63) is 80.1 Å². The molecule has 0 radical (unpaired) electrons. The molecule has 0 spiro atoms. The average molecular weight is 427 g/mol.